The third kappa shape index (κ3) is 11.7. The first-order chi connectivity index (χ1) is 11.2. The number of allylic oxidation sites excluding steroid dienone is 1. The molecule has 0 heterocycles. The quantitative estimate of drug-likeness (QED) is 0.428. The van der Waals surface area contributed by atoms with Crippen molar-refractivity contribution in [2.75, 3.05) is 0 Å². The molecule has 0 heteroatoms. The molecule has 0 nitrogen and oxygen atoms in total. The smallest absolute Gasteiger partial charge is 0.0134 e. The van der Waals surface area contributed by atoms with Crippen molar-refractivity contribution < 1.29 is 0 Å². The van der Waals surface area contributed by atoms with Crippen molar-refractivity contribution in [1.29, 1.82) is 0 Å². The molecule has 0 aliphatic heterocycles. The van der Waals surface area contributed by atoms with Crippen LogP contribution in [0, 0.1) is 17.8 Å². The molecule has 0 radical (unpaired) electrons. The second-order valence-corrected chi connectivity index (χ2v) is 8.24. The summed E-state index contributed by atoms with van der Waals surface area (Å²) in [6, 6.07) is 0. The summed E-state index contributed by atoms with van der Waals surface area (Å²) in [5.41, 5.74) is 3.49. The van der Waals surface area contributed by atoms with E-state index in [9.17, 15) is 0 Å². The van der Waals surface area contributed by atoms with Gasteiger partial charge in [0.25, 0.3) is 0 Å². The van der Waals surface area contributed by atoms with Crippen LogP contribution in [0.1, 0.15) is 111 Å². The monoisotopic (exact) mass is 318 g/mol. The van der Waals surface area contributed by atoms with Gasteiger partial charge in [-0.3, -0.25) is 0 Å². The van der Waals surface area contributed by atoms with Gasteiger partial charge in [0, 0.05) is 0 Å². The summed E-state index contributed by atoms with van der Waals surface area (Å²) in [5.74, 6) is 2.44. The summed E-state index contributed by atoms with van der Waals surface area (Å²) in [5, 5.41) is 0. The average Bonchev–Trinajstić information content (AvgIpc) is 2.52. The van der Waals surface area contributed by atoms with Crippen LogP contribution < -0.4 is 0 Å². The molecule has 0 amide bonds. The van der Waals surface area contributed by atoms with E-state index in [4.69, 9.17) is 0 Å². The largest absolute Gasteiger partial charge is 0.129 e. The molecule has 0 aromatic rings. The highest BCUT2D eigenvalue weighted by molar-refractivity contribution is 4.91. The molecule has 134 valence electrons. The Kier molecular flexibility index (Phi) is 12.4. The zero-order valence-corrected chi connectivity index (χ0v) is 16.3. The predicted octanol–water partition coefficient (Wildman–Crippen LogP) is 8.08. The Morgan fingerprint density at radius 3 is 1.87 bits per heavy atom. The molecule has 0 fully saturated rings. The summed E-state index contributed by atoms with van der Waals surface area (Å²) in [6.07, 6.45) is 24.4. The van der Waals surface area contributed by atoms with Gasteiger partial charge in [0.15, 0.2) is 0 Å². The maximum Gasteiger partial charge on any atom is -0.0134 e. The zero-order chi connectivity index (χ0) is 16.8. The Morgan fingerprint density at radius 2 is 1.26 bits per heavy atom. The van der Waals surface area contributed by atoms with E-state index in [0.717, 1.165) is 17.8 Å². The van der Waals surface area contributed by atoms with Crippen LogP contribution in [0.25, 0.3) is 0 Å². The Morgan fingerprint density at radius 1 is 0.739 bits per heavy atom. The van der Waals surface area contributed by atoms with E-state index in [0.29, 0.717) is 0 Å². The van der Waals surface area contributed by atoms with Gasteiger partial charge in [-0.25, -0.2) is 0 Å². The van der Waals surface area contributed by atoms with E-state index in [1.807, 2.05) is 0 Å². The van der Waals surface area contributed by atoms with Crippen LogP contribution in [-0.2, 0) is 0 Å². The van der Waals surface area contributed by atoms with Gasteiger partial charge in [0.1, 0.15) is 0 Å². The Bertz CT molecular complexity index is 319. The summed E-state index contributed by atoms with van der Waals surface area (Å²) in [6.45, 7) is 7.19. The lowest BCUT2D eigenvalue weighted by atomic mass is 9.89. The van der Waals surface area contributed by atoms with Gasteiger partial charge in [0.05, 0.1) is 0 Å². The van der Waals surface area contributed by atoms with Crippen LogP contribution in [0.2, 0.25) is 0 Å². The number of hydrogen-bond acceptors (Lipinski definition) is 0. The molecular formula is C23H42. The lowest BCUT2D eigenvalue weighted by molar-refractivity contribution is 0.403. The molecule has 0 spiro atoms. The Labute approximate surface area is 146 Å². The minimum Gasteiger partial charge on any atom is -0.129 e. The fourth-order valence-corrected chi connectivity index (χ4v) is 3.70. The van der Waals surface area contributed by atoms with Gasteiger partial charge in [-0.15, -0.1) is 5.73 Å². The van der Waals surface area contributed by atoms with Gasteiger partial charge >= 0.3 is 0 Å². The first-order valence-electron chi connectivity index (χ1n) is 10.6. The summed E-state index contributed by atoms with van der Waals surface area (Å²) in [7, 11) is 0. The van der Waals surface area contributed by atoms with Crippen LogP contribution in [0.5, 0.6) is 0 Å². The Hall–Kier alpha value is -0.480. The van der Waals surface area contributed by atoms with Crippen molar-refractivity contribution in [1.82, 2.24) is 0 Å². The van der Waals surface area contributed by atoms with E-state index >= 15 is 0 Å². The lowest BCUT2D eigenvalue weighted by Gasteiger charge is -2.16. The topological polar surface area (TPSA) is 0 Å². The molecule has 0 aromatic heterocycles. The van der Waals surface area contributed by atoms with Gasteiger partial charge in [0.2, 0.25) is 0 Å². The summed E-state index contributed by atoms with van der Waals surface area (Å²) in [4.78, 5) is 0. The van der Waals surface area contributed by atoms with Crippen molar-refractivity contribution in [3.05, 3.63) is 17.9 Å². The average molecular weight is 319 g/mol. The van der Waals surface area contributed by atoms with Crippen LogP contribution in [-0.4, -0.2) is 0 Å². The van der Waals surface area contributed by atoms with Crippen molar-refractivity contribution in [2.24, 2.45) is 17.8 Å². The molecule has 23 heavy (non-hydrogen) atoms. The van der Waals surface area contributed by atoms with E-state index < -0.39 is 0 Å². The zero-order valence-electron chi connectivity index (χ0n) is 16.3. The summed E-state index contributed by atoms with van der Waals surface area (Å²) >= 11 is 0. The molecule has 2 unspecified atom stereocenters. The van der Waals surface area contributed by atoms with Gasteiger partial charge in [-0.1, -0.05) is 91.4 Å². The second kappa shape index (κ2) is 13.9. The maximum absolute atomic E-state index is 3.49. The second-order valence-electron chi connectivity index (χ2n) is 8.24. The van der Waals surface area contributed by atoms with E-state index in [2.05, 4.69) is 38.7 Å². The fraction of sp³-hybridized carbons (Fsp3) is 0.870. The SMILES string of the molecule is CC1CCCCCCCCC=C=CC(C(C)C)CCCCCC1. The lowest BCUT2D eigenvalue weighted by Crippen LogP contribution is -2.05. The molecule has 1 aliphatic rings. The van der Waals surface area contributed by atoms with Crippen LogP contribution in [0.4, 0.5) is 0 Å². The van der Waals surface area contributed by atoms with Gasteiger partial charge < -0.3 is 0 Å². The van der Waals surface area contributed by atoms with E-state index in [1.165, 1.54) is 89.9 Å². The normalized spacial score (nSPS) is 27.3. The number of hydrogen-bond donors (Lipinski definition) is 0. The molecule has 0 saturated carbocycles. The molecule has 1 aliphatic carbocycles. The molecule has 0 aromatic carbocycles. The van der Waals surface area contributed by atoms with Crippen molar-refractivity contribution >= 4 is 0 Å². The summed E-state index contributed by atoms with van der Waals surface area (Å²) < 4.78 is 0. The molecule has 2 atom stereocenters. The molecular weight excluding hydrogens is 276 g/mol. The number of rotatable bonds is 1. The maximum atomic E-state index is 3.49. The molecule has 0 saturated heterocycles. The van der Waals surface area contributed by atoms with Crippen LogP contribution in [0.3, 0.4) is 0 Å². The highest BCUT2D eigenvalue weighted by atomic mass is 14.1. The minimum absolute atomic E-state index is 0.729. The third-order valence-corrected chi connectivity index (χ3v) is 5.56. The van der Waals surface area contributed by atoms with Gasteiger partial charge in [-0.2, -0.15) is 0 Å². The first-order valence-corrected chi connectivity index (χ1v) is 10.6. The van der Waals surface area contributed by atoms with Gasteiger partial charge in [-0.05, 0) is 49.2 Å². The Balaban J connectivity index is 2.41. The molecule has 0 bridgehead atoms. The van der Waals surface area contributed by atoms with E-state index in [-0.39, 0.29) is 0 Å². The fourth-order valence-electron chi connectivity index (χ4n) is 3.70. The van der Waals surface area contributed by atoms with Crippen molar-refractivity contribution in [3.8, 4) is 0 Å². The molecule has 1 rings (SSSR count). The van der Waals surface area contributed by atoms with Crippen LogP contribution in [0.15, 0.2) is 17.9 Å². The minimum atomic E-state index is 0.729. The first kappa shape index (κ1) is 20.6. The van der Waals surface area contributed by atoms with Crippen LogP contribution >= 0.6 is 0 Å². The van der Waals surface area contributed by atoms with Crippen molar-refractivity contribution in [2.45, 2.75) is 111 Å². The van der Waals surface area contributed by atoms with E-state index in [1.54, 1.807) is 0 Å². The predicted molar refractivity (Wildman–Crippen MR) is 105 cm³/mol. The third-order valence-electron chi connectivity index (χ3n) is 5.56. The highest BCUT2D eigenvalue weighted by Gasteiger charge is 2.09. The standard InChI is InChI=1S/C23H42/c1-21(2)23-19-15-10-8-6-4-5-7-9-13-17-22(3)18-14-11-12-16-20-23/h10,19,21-23H,4-9,11-14,16-18,20H2,1-3H3. The van der Waals surface area contributed by atoms with Crippen molar-refractivity contribution in [3.63, 3.8) is 0 Å². The highest BCUT2D eigenvalue weighted by Crippen LogP contribution is 2.22. The molecule has 0 N–H and O–H groups in total.